The Kier molecular flexibility index (Phi) is 8.06. The molecule has 1 fully saturated rings. The lowest BCUT2D eigenvalue weighted by molar-refractivity contribution is -0.144. The van der Waals surface area contributed by atoms with Gasteiger partial charge in [-0.2, -0.15) is 0 Å². The smallest absolute Gasteiger partial charge is 0.243 e. The van der Waals surface area contributed by atoms with Crippen LogP contribution in [0, 0.1) is 5.92 Å². The lowest BCUT2D eigenvalue weighted by atomic mass is 9.92. The second-order valence-corrected chi connectivity index (χ2v) is 9.51. The van der Waals surface area contributed by atoms with Gasteiger partial charge in [0.1, 0.15) is 6.04 Å². The molecular weight excluding hydrogens is 440 g/mol. The van der Waals surface area contributed by atoms with E-state index in [1.807, 2.05) is 61.2 Å². The van der Waals surface area contributed by atoms with Gasteiger partial charge >= 0.3 is 0 Å². The molecule has 4 rings (SSSR count). The van der Waals surface area contributed by atoms with Crippen molar-refractivity contribution < 1.29 is 14.4 Å². The zero-order valence-electron chi connectivity index (χ0n) is 20.8. The fourth-order valence-electron chi connectivity index (χ4n) is 4.87. The van der Waals surface area contributed by atoms with Crippen molar-refractivity contribution in [3.8, 4) is 0 Å². The summed E-state index contributed by atoms with van der Waals surface area (Å²) in [6, 6.07) is 17.7. The van der Waals surface area contributed by atoms with Crippen LogP contribution in [0.2, 0.25) is 0 Å². The van der Waals surface area contributed by atoms with Crippen LogP contribution in [0.4, 0.5) is 5.69 Å². The van der Waals surface area contributed by atoms with Crippen LogP contribution in [-0.4, -0.2) is 66.3 Å². The Labute approximate surface area is 208 Å². The predicted octanol–water partition coefficient (Wildman–Crippen LogP) is 2.84. The van der Waals surface area contributed by atoms with E-state index >= 15 is 0 Å². The fraction of sp³-hybridized carbons (Fsp3) is 0.464. The molecule has 2 heterocycles. The average Bonchev–Trinajstić information content (AvgIpc) is 2.91. The maximum absolute atomic E-state index is 13.2. The molecule has 2 aliphatic heterocycles. The molecule has 1 saturated heterocycles. The Balaban J connectivity index is 1.30. The summed E-state index contributed by atoms with van der Waals surface area (Å²) in [6.07, 6.45) is 1.50. The number of hydrogen-bond acceptors (Lipinski definition) is 4. The number of anilines is 1. The third kappa shape index (κ3) is 5.84. The summed E-state index contributed by atoms with van der Waals surface area (Å²) >= 11 is 0. The highest BCUT2D eigenvalue weighted by atomic mass is 16.2. The van der Waals surface area contributed by atoms with Gasteiger partial charge in [-0.25, -0.2) is 0 Å². The Morgan fingerprint density at radius 2 is 1.60 bits per heavy atom. The zero-order chi connectivity index (χ0) is 24.8. The van der Waals surface area contributed by atoms with Crippen molar-refractivity contribution in [2.24, 2.45) is 5.92 Å². The van der Waals surface area contributed by atoms with Gasteiger partial charge in [0.05, 0.1) is 0 Å². The number of rotatable bonds is 7. The predicted molar refractivity (Wildman–Crippen MR) is 137 cm³/mol. The summed E-state index contributed by atoms with van der Waals surface area (Å²) < 4.78 is 0. The van der Waals surface area contributed by atoms with Gasteiger partial charge in [0.15, 0.2) is 0 Å². The van der Waals surface area contributed by atoms with Crippen LogP contribution in [-0.2, 0) is 27.3 Å². The van der Waals surface area contributed by atoms with Crippen LogP contribution in [0.15, 0.2) is 54.6 Å². The van der Waals surface area contributed by atoms with E-state index in [1.165, 1.54) is 5.69 Å². The van der Waals surface area contributed by atoms with E-state index in [0.29, 0.717) is 26.1 Å². The second kappa shape index (κ2) is 11.4. The van der Waals surface area contributed by atoms with Crippen molar-refractivity contribution in [1.82, 2.24) is 15.1 Å². The highest BCUT2D eigenvalue weighted by Crippen LogP contribution is 2.25. The van der Waals surface area contributed by atoms with Crippen molar-refractivity contribution in [3.63, 3.8) is 0 Å². The molecule has 2 aromatic rings. The van der Waals surface area contributed by atoms with Crippen LogP contribution in [0.25, 0.3) is 0 Å². The van der Waals surface area contributed by atoms with Gasteiger partial charge in [0.25, 0.3) is 0 Å². The molecule has 35 heavy (non-hydrogen) atoms. The molecule has 2 aromatic carbocycles. The molecule has 0 aliphatic carbocycles. The van der Waals surface area contributed by atoms with Gasteiger partial charge in [-0.15, -0.1) is 0 Å². The molecule has 7 nitrogen and oxygen atoms in total. The minimum absolute atomic E-state index is 0.00881. The number of benzene rings is 2. The maximum Gasteiger partial charge on any atom is 0.243 e. The summed E-state index contributed by atoms with van der Waals surface area (Å²) in [5, 5.41) is 2.94. The van der Waals surface area contributed by atoms with E-state index in [4.69, 9.17) is 0 Å². The molecule has 186 valence electrons. The number of carbonyl (C=O) groups excluding carboxylic acids is 3. The first-order valence-corrected chi connectivity index (χ1v) is 12.7. The van der Waals surface area contributed by atoms with Crippen molar-refractivity contribution in [2.75, 3.05) is 37.6 Å². The Morgan fingerprint density at radius 1 is 0.943 bits per heavy atom. The third-order valence-corrected chi connectivity index (χ3v) is 7.26. The first-order valence-electron chi connectivity index (χ1n) is 12.7. The molecule has 0 spiro atoms. The molecule has 0 saturated carbocycles. The van der Waals surface area contributed by atoms with Crippen LogP contribution < -0.4 is 10.2 Å². The van der Waals surface area contributed by atoms with Gasteiger partial charge in [0, 0.05) is 63.7 Å². The minimum Gasteiger partial charge on any atom is -0.368 e. The van der Waals surface area contributed by atoms with Gasteiger partial charge in [-0.3, -0.25) is 14.4 Å². The number of amides is 3. The van der Waals surface area contributed by atoms with Crippen molar-refractivity contribution in [2.45, 2.75) is 45.7 Å². The van der Waals surface area contributed by atoms with Crippen LogP contribution in [0.3, 0.4) is 0 Å². The molecule has 0 radical (unpaired) electrons. The molecule has 0 unspecified atom stereocenters. The first-order chi connectivity index (χ1) is 17.0. The molecule has 0 aromatic heterocycles. The quantitative estimate of drug-likeness (QED) is 0.667. The number of fused-ring (bicyclic) bond motifs is 1. The summed E-state index contributed by atoms with van der Waals surface area (Å²) in [4.78, 5) is 44.8. The second-order valence-electron chi connectivity index (χ2n) is 9.51. The summed E-state index contributed by atoms with van der Waals surface area (Å²) in [6.45, 7) is 7.58. The Bertz CT molecular complexity index is 1030. The number of carbonyl (C=O) groups is 3. The van der Waals surface area contributed by atoms with E-state index in [1.54, 1.807) is 4.90 Å². The monoisotopic (exact) mass is 476 g/mol. The van der Waals surface area contributed by atoms with Gasteiger partial charge < -0.3 is 20.0 Å². The number of para-hydroxylation sites is 1. The lowest BCUT2D eigenvalue weighted by Gasteiger charge is -2.37. The molecule has 3 amide bonds. The Morgan fingerprint density at radius 3 is 2.29 bits per heavy atom. The van der Waals surface area contributed by atoms with Gasteiger partial charge in [-0.1, -0.05) is 56.3 Å². The molecule has 1 N–H and O–H groups in total. The van der Waals surface area contributed by atoms with Crippen molar-refractivity contribution >= 4 is 23.4 Å². The highest BCUT2D eigenvalue weighted by Gasteiger charge is 2.35. The van der Waals surface area contributed by atoms with Crippen LogP contribution in [0.5, 0.6) is 0 Å². The van der Waals surface area contributed by atoms with E-state index < -0.39 is 6.04 Å². The molecule has 2 aliphatic rings. The summed E-state index contributed by atoms with van der Waals surface area (Å²) in [5.41, 5.74) is 3.38. The van der Waals surface area contributed by atoms with Gasteiger partial charge in [0.2, 0.25) is 17.7 Å². The number of piperazine rings is 1. The molecule has 0 bridgehead atoms. The maximum atomic E-state index is 13.2. The van der Waals surface area contributed by atoms with Crippen LogP contribution in [0.1, 0.15) is 37.8 Å². The van der Waals surface area contributed by atoms with E-state index in [0.717, 1.165) is 30.6 Å². The zero-order valence-corrected chi connectivity index (χ0v) is 20.8. The van der Waals surface area contributed by atoms with Gasteiger partial charge in [-0.05, 0) is 29.7 Å². The average molecular weight is 477 g/mol. The number of nitrogens with zero attached hydrogens (tertiary/aromatic N) is 3. The Hall–Kier alpha value is -3.35. The summed E-state index contributed by atoms with van der Waals surface area (Å²) in [5.74, 6) is -0.251. The van der Waals surface area contributed by atoms with E-state index in [2.05, 4.69) is 22.3 Å². The molecule has 2 atom stereocenters. The van der Waals surface area contributed by atoms with E-state index in [-0.39, 0.29) is 36.6 Å². The largest absolute Gasteiger partial charge is 0.368 e. The molecular formula is C28H36N4O3. The highest BCUT2D eigenvalue weighted by molar-refractivity contribution is 5.89. The third-order valence-electron chi connectivity index (χ3n) is 7.26. The van der Waals surface area contributed by atoms with Crippen molar-refractivity contribution in [3.05, 3.63) is 65.7 Å². The standard InChI is InChI=1S/C28H36N4O3/c1-3-21(2)28(35)32-20-23-10-8-7-9-22(23)19-25(32)27(34)29-14-13-26(33)31-17-15-30(16-18-31)24-11-5-4-6-12-24/h4-12,21,25H,3,13-20H2,1-2H3,(H,29,34)/t21-,25+/m0/s1. The topological polar surface area (TPSA) is 73.0 Å². The number of nitrogens with one attached hydrogen (secondary N) is 1. The lowest BCUT2D eigenvalue weighted by Crippen LogP contribution is -2.54. The van der Waals surface area contributed by atoms with Crippen LogP contribution >= 0.6 is 0 Å². The SMILES string of the molecule is CC[C@H](C)C(=O)N1Cc2ccccc2C[C@@H]1C(=O)NCCC(=O)N1CCN(c2ccccc2)CC1. The summed E-state index contributed by atoms with van der Waals surface area (Å²) in [7, 11) is 0. The first kappa shape index (κ1) is 24.8. The normalized spacial score (nSPS) is 18.6. The number of hydrogen-bond donors (Lipinski definition) is 1. The van der Waals surface area contributed by atoms with E-state index in [9.17, 15) is 14.4 Å². The van der Waals surface area contributed by atoms with Crippen molar-refractivity contribution in [1.29, 1.82) is 0 Å². The fourth-order valence-corrected chi connectivity index (χ4v) is 4.87. The molecule has 7 heteroatoms. The minimum atomic E-state index is -0.545.